The Hall–Kier alpha value is -4.48. The van der Waals surface area contributed by atoms with Gasteiger partial charge in [0, 0.05) is 11.3 Å². The molecule has 1 aliphatic heterocycles. The van der Waals surface area contributed by atoms with Crippen LogP contribution in [0.5, 0.6) is 5.75 Å². The molecular formula is C30H22FN3O5S2. The van der Waals surface area contributed by atoms with Crippen molar-refractivity contribution < 1.29 is 28.2 Å². The highest BCUT2D eigenvalue weighted by Gasteiger charge is 2.49. The summed E-state index contributed by atoms with van der Waals surface area (Å²) >= 11 is 2.62. The maximum atomic E-state index is 14.5. The van der Waals surface area contributed by atoms with Crippen molar-refractivity contribution >= 4 is 56.5 Å². The van der Waals surface area contributed by atoms with E-state index in [0.29, 0.717) is 15.9 Å². The maximum absolute atomic E-state index is 14.5. The summed E-state index contributed by atoms with van der Waals surface area (Å²) in [6.45, 7) is 1.72. The second kappa shape index (κ2) is 10.8. The molecule has 1 fully saturated rings. The fourth-order valence-corrected chi connectivity index (χ4v) is 6.66. The van der Waals surface area contributed by atoms with E-state index in [-0.39, 0.29) is 27.8 Å². The van der Waals surface area contributed by atoms with Gasteiger partial charge in [-0.3, -0.25) is 14.5 Å². The van der Waals surface area contributed by atoms with Crippen LogP contribution in [0.3, 0.4) is 0 Å². The first-order valence-corrected chi connectivity index (χ1v) is 14.3. The molecule has 1 atom stereocenters. The summed E-state index contributed by atoms with van der Waals surface area (Å²) in [5.41, 5.74) is 0.898. The second-order valence-electron chi connectivity index (χ2n) is 9.24. The molecular weight excluding hydrogens is 565 g/mol. The number of fused-ring (bicyclic) bond motifs is 1. The van der Waals surface area contributed by atoms with Gasteiger partial charge in [-0.15, -0.1) is 10.2 Å². The molecule has 1 aliphatic rings. The Kier molecular flexibility index (Phi) is 7.06. The highest BCUT2D eigenvalue weighted by Crippen LogP contribution is 2.44. The van der Waals surface area contributed by atoms with Crippen LogP contribution in [0, 0.1) is 12.7 Å². The SMILES string of the molecule is COc1ccc(C(O)=C2C(=O)C(=O)N(c3nnc(SCc4cccc5ccccc45)s3)[C@H]2c2ccc(C)o2)cc1F. The quantitative estimate of drug-likeness (QED) is 0.0741. The van der Waals surface area contributed by atoms with Gasteiger partial charge in [-0.25, -0.2) is 4.39 Å². The molecule has 206 valence electrons. The predicted octanol–water partition coefficient (Wildman–Crippen LogP) is 6.66. The van der Waals surface area contributed by atoms with Gasteiger partial charge in [0.15, 0.2) is 15.9 Å². The van der Waals surface area contributed by atoms with E-state index in [1.807, 2.05) is 18.2 Å². The van der Waals surface area contributed by atoms with Crippen LogP contribution in [-0.2, 0) is 15.3 Å². The molecule has 1 N–H and O–H groups in total. The van der Waals surface area contributed by atoms with Gasteiger partial charge in [0.1, 0.15) is 23.3 Å². The van der Waals surface area contributed by atoms with E-state index in [0.717, 1.165) is 33.7 Å². The van der Waals surface area contributed by atoms with E-state index in [1.54, 1.807) is 19.1 Å². The number of aromatic nitrogens is 2. The molecule has 3 heterocycles. The van der Waals surface area contributed by atoms with Crippen molar-refractivity contribution in [2.75, 3.05) is 12.0 Å². The number of ketones is 1. The first-order chi connectivity index (χ1) is 19.9. The van der Waals surface area contributed by atoms with Crippen LogP contribution in [0.25, 0.3) is 16.5 Å². The van der Waals surface area contributed by atoms with Gasteiger partial charge in [0.25, 0.3) is 5.78 Å². The van der Waals surface area contributed by atoms with Crippen molar-refractivity contribution in [2.24, 2.45) is 0 Å². The standard InChI is InChI=1S/C30H22FN3O5S2/c1-16-10-12-23(39-16)25-24(26(35)18-11-13-22(38-2)21(31)14-18)27(36)28(37)34(25)29-32-33-30(41-29)40-15-19-8-5-7-17-6-3-4-9-20(17)19/h3-14,25,35H,15H2,1-2H3/t25-/m0/s1. The van der Waals surface area contributed by atoms with E-state index in [9.17, 15) is 19.1 Å². The molecule has 3 aromatic carbocycles. The van der Waals surface area contributed by atoms with Gasteiger partial charge in [-0.05, 0) is 53.6 Å². The summed E-state index contributed by atoms with van der Waals surface area (Å²) in [5, 5.41) is 22.1. The zero-order valence-corrected chi connectivity index (χ0v) is 23.5. The topological polar surface area (TPSA) is 106 Å². The molecule has 41 heavy (non-hydrogen) atoms. The van der Waals surface area contributed by atoms with Gasteiger partial charge in [0.2, 0.25) is 5.13 Å². The van der Waals surface area contributed by atoms with Gasteiger partial charge < -0.3 is 14.3 Å². The lowest BCUT2D eigenvalue weighted by molar-refractivity contribution is -0.132. The molecule has 1 amide bonds. The first kappa shape index (κ1) is 26.7. The lowest BCUT2D eigenvalue weighted by Gasteiger charge is -2.20. The first-order valence-electron chi connectivity index (χ1n) is 12.5. The zero-order chi connectivity index (χ0) is 28.7. The highest BCUT2D eigenvalue weighted by molar-refractivity contribution is 8.00. The van der Waals surface area contributed by atoms with Crippen LogP contribution >= 0.6 is 23.1 Å². The number of Topliss-reactive ketones (excluding diaryl/α,β-unsaturated/α-hetero) is 1. The fraction of sp³-hybridized carbons (Fsp3) is 0.133. The summed E-state index contributed by atoms with van der Waals surface area (Å²) in [5.74, 6) is -1.72. The number of nitrogens with zero attached hydrogens (tertiary/aromatic N) is 3. The minimum absolute atomic E-state index is 0.0122. The van der Waals surface area contributed by atoms with Crippen LogP contribution in [0.4, 0.5) is 9.52 Å². The van der Waals surface area contributed by atoms with Crippen molar-refractivity contribution in [1.82, 2.24) is 10.2 Å². The molecule has 0 spiro atoms. The van der Waals surface area contributed by atoms with Crippen molar-refractivity contribution in [3.05, 3.63) is 107 Å². The number of aliphatic hydroxyl groups is 1. The number of amides is 1. The number of ether oxygens (including phenoxy) is 1. The van der Waals surface area contributed by atoms with E-state index >= 15 is 0 Å². The Morgan fingerprint density at radius 2 is 1.90 bits per heavy atom. The molecule has 11 heteroatoms. The molecule has 0 bridgehead atoms. The summed E-state index contributed by atoms with van der Waals surface area (Å²) in [6, 6.07) is 20.2. The van der Waals surface area contributed by atoms with Crippen LogP contribution in [-0.4, -0.2) is 34.1 Å². The summed E-state index contributed by atoms with van der Waals surface area (Å²) < 4.78 is 25.8. The molecule has 6 rings (SSSR count). The number of hydrogen-bond donors (Lipinski definition) is 1. The monoisotopic (exact) mass is 587 g/mol. The molecule has 2 aromatic heterocycles. The maximum Gasteiger partial charge on any atom is 0.302 e. The van der Waals surface area contributed by atoms with Crippen molar-refractivity contribution in [1.29, 1.82) is 0 Å². The Morgan fingerprint density at radius 1 is 1.10 bits per heavy atom. The minimum atomic E-state index is -1.13. The lowest BCUT2D eigenvalue weighted by atomic mass is 9.99. The van der Waals surface area contributed by atoms with Crippen LogP contribution in [0.15, 0.2) is 87.1 Å². The number of rotatable bonds is 7. The molecule has 0 radical (unpaired) electrons. The van der Waals surface area contributed by atoms with E-state index in [2.05, 4.69) is 34.5 Å². The second-order valence-corrected chi connectivity index (χ2v) is 11.4. The highest BCUT2D eigenvalue weighted by atomic mass is 32.2. The average molecular weight is 588 g/mol. The molecule has 0 saturated carbocycles. The molecule has 5 aromatic rings. The minimum Gasteiger partial charge on any atom is -0.507 e. The van der Waals surface area contributed by atoms with E-state index in [1.165, 1.54) is 35.9 Å². The van der Waals surface area contributed by atoms with Crippen molar-refractivity contribution in [3.63, 3.8) is 0 Å². The Balaban J connectivity index is 1.36. The van der Waals surface area contributed by atoms with E-state index < -0.39 is 29.3 Å². The number of carbonyl (C=O) groups is 2. The number of benzene rings is 3. The molecule has 8 nitrogen and oxygen atoms in total. The lowest BCUT2D eigenvalue weighted by Crippen LogP contribution is -2.29. The normalized spacial score (nSPS) is 16.6. The number of aliphatic hydroxyl groups excluding tert-OH is 1. The third-order valence-electron chi connectivity index (χ3n) is 6.73. The number of aryl methyl sites for hydroxylation is 1. The number of anilines is 1. The Bertz CT molecular complexity index is 1840. The van der Waals surface area contributed by atoms with Gasteiger partial charge in [0.05, 0.1) is 12.7 Å². The van der Waals surface area contributed by atoms with Crippen LogP contribution in [0.1, 0.15) is 28.7 Å². The van der Waals surface area contributed by atoms with Gasteiger partial charge >= 0.3 is 5.91 Å². The predicted molar refractivity (Wildman–Crippen MR) is 155 cm³/mol. The Morgan fingerprint density at radius 3 is 2.66 bits per heavy atom. The van der Waals surface area contributed by atoms with Crippen molar-refractivity contribution in [3.8, 4) is 5.75 Å². The molecule has 0 aliphatic carbocycles. The number of thioether (sulfide) groups is 1. The smallest absolute Gasteiger partial charge is 0.302 e. The molecule has 0 unspecified atom stereocenters. The third kappa shape index (κ3) is 4.87. The molecule has 1 saturated heterocycles. The number of methoxy groups -OCH3 is 1. The van der Waals surface area contributed by atoms with Crippen molar-refractivity contribution in [2.45, 2.75) is 23.1 Å². The largest absolute Gasteiger partial charge is 0.507 e. The van der Waals surface area contributed by atoms with Crippen LogP contribution in [0.2, 0.25) is 0 Å². The van der Waals surface area contributed by atoms with Gasteiger partial charge in [-0.2, -0.15) is 0 Å². The zero-order valence-electron chi connectivity index (χ0n) is 21.8. The number of hydrogen-bond acceptors (Lipinski definition) is 9. The Labute approximate surface area is 242 Å². The summed E-state index contributed by atoms with van der Waals surface area (Å²) in [6.07, 6.45) is 0. The number of carbonyl (C=O) groups excluding carboxylic acids is 2. The fourth-order valence-electron chi connectivity index (χ4n) is 4.78. The average Bonchev–Trinajstić information content (AvgIpc) is 3.69. The summed E-state index contributed by atoms with van der Waals surface area (Å²) in [4.78, 5) is 27.9. The van der Waals surface area contributed by atoms with Gasteiger partial charge in [-0.1, -0.05) is 65.6 Å². The van der Waals surface area contributed by atoms with E-state index in [4.69, 9.17) is 9.15 Å². The third-order valence-corrected chi connectivity index (χ3v) is 8.84. The summed E-state index contributed by atoms with van der Waals surface area (Å²) in [7, 11) is 1.32. The van der Waals surface area contributed by atoms with Crippen LogP contribution < -0.4 is 9.64 Å². The number of halogens is 1. The number of furan rings is 1.